The summed E-state index contributed by atoms with van der Waals surface area (Å²) in [6.07, 6.45) is 0. The van der Waals surface area contributed by atoms with Crippen LogP contribution in [0.15, 0.2) is 89.5 Å². The van der Waals surface area contributed by atoms with Crippen LogP contribution in [0.25, 0.3) is 22.2 Å². The van der Waals surface area contributed by atoms with Crippen LogP contribution >= 0.6 is 0 Å². The lowest BCUT2D eigenvalue weighted by Gasteiger charge is -2.37. The minimum atomic E-state index is -0.00210. The van der Waals surface area contributed by atoms with Crippen LogP contribution in [0.1, 0.15) is 21.5 Å². The highest BCUT2D eigenvalue weighted by Crippen LogP contribution is 2.46. The van der Waals surface area contributed by atoms with Crippen molar-refractivity contribution in [2.24, 2.45) is 0 Å². The SMILES string of the molecule is COc1ccc(N2CCN(c3cc(NCc4ccccc4)c4c5c(onc35)-c3ccccc3C4=O)CC2)cc1. The van der Waals surface area contributed by atoms with Gasteiger partial charge in [0.2, 0.25) is 0 Å². The highest BCUT2D eigenvalue weighted by atomic mass is 16.5. The Morgan fingerprint density at radius 1 is 0.872 bits per heavy atom. The number of fused-ring (bicyclic) bond motifs is 2. The van der Waals surface area contributed by atoms with Crippen molar-refractivity contribution >= 4 is 33.7 Å². The van der Waals surface area contributed by atoms with Crippen LogP contribution in [-0.2, 0) is 6.54 Å². The second-order valence-corrected chi connectivity index (χ2v) is 9.94. The van der Waals surface area contributed by atoms with Crippen molar-refractivity contribution < 1.29 is 14.1 Å². The molecule has 0 spiro atoms. The third-order valence-corrected chi connectivity index (χ3v) is 7.76. The standard InChI is InChI=1S/C32H28N4O3/c1-38-23-13-11-22(12-14-23)35-15-17-36(18-16-35)27-19-26(33-20-21-7-3-2-4-8-21)28-29-30(27)34-39-32(29)25-10-6-5-9-24(25)31(28)37/h2-14,19,33H,15-18,20H2,1H3. The number of piperazine rings is 1. The molecule has 7 heteroatoms. The number of aromatic nitrogens is 1. The molecule has 7 rings (SSSR count). The summed E-state index contributed by atoms with van der Waals surface area (Å²) in [5, 5.41) is 8.90. The molecule has 0 saturated carbocycles. The summed E-state index contributed by atoms with van der Waals surface area (Å²) in [4.78, 5) is 18.6. The van der Waals surface area contributed by atoms with Crippen molar-refractivity contribution in [1.29, 1.82) is 0 Å². The average Bonchev–Trinajstić information content (AvgIpc) is 3.45. The maximum absolute atomic E-state index is 13.8. The van der Waals surface area contributed by atoms with Crippen molar-refractivity contribution in [3.8, 4) is 17.1 Å². The first-order valence-electron chi connectivity index (χ1n) is 13.2. The van der Waals surface area contributed by atoms with E-state index < -0.39 is 0 Å². The summed E-state index contributed by atoms with van der Waals surface area (Å²) in [5.41, 5.74) is 6.95. The number of nitrogens with one attached hydrogen (secondary N) is 1. The molecule has 4 aromatic carbocycles. The van der Waals surface area contributed by atoms with E-state index in [1.54, 1.807) is 7.11 Å². The number of carbonyl (C=O) groups excluding carboxylic acids is 1. The van der Waals surface area contributed by atoms with E-state index in [1.165, 1.54) is 5.69 Å². The number of anilines is 3. The summed E-state index contributed by atoms with van der Waals surface area (Å²) in [6, 6.07) is 28.1. The smallest absolute Gasteiger partial charge is 0.196 e. The molecule has 0 radical (unpaired) electrons. The van der Waals surface area contributed by atoms with Gasteiger partial charge in [-0.3, -0.25) is 4.79 Å². The first kappa shape index (κ1) is 23.3. The van der Waals surface area contributed by atoms with Gasteiger partial charge in [0.15, 0.2) is 11.5 Å². The van der Waals surface area contributed by atoms with E-state index in [2.05, 4.69) is 50.6 Å². The van der Waals surface area contributed by atoms with Crippen molar-refractivity contribution in [2.75, 3.05) is 48.4 Å². The van der Waals surface area contributed by atoms with Crippen LogP contribution < -0.4 is 19.9 Å². The average molecular weight is 517 g/mol. The van der Waals surface area contributed by atoms with E-state index in [4.69, 9.17) is 9.26 Å². The first-order valence-corrected chi connectivity index (χ1v) is 13.2. The second kappa shape index (κ2) is 9.51. The molecule has 1 aliphatic carbocycles. The van der Waals surface area contributed by atoms with Gasteiger partial charge in [-0.05, 0) is 35.9 Å². The molecule has 0 atom stereocenters. The van der Waals surface area contributed by atoms with Crippen LogP contribution in [-0.4, -0.2) is 44.2 Å². The number of rotatable bonds is 6. The topological polar surface area (TPSA) is 70.8 Å². The zero-order chi connectivity index (χ0) is 26.3. The number of ketones is 1. The number of benzene rings is 4. The number of ether oxygens (including phenoxy) is 1. The molecule has 194 valence electrons. The Bertz CT molecular complexity index is 1670. The van der Waals surface area contributed by atoms with Crippen LogP contribution in [0.2, 0.25) is 0 Å². The Morgan fingerprint density at radius 3 is 2.31 bits per heavy atom. The largest absolute Gasteiger partial charge is 0.497 e. The normalized spacial score (nSPS) is 14.4. The number of methoxy groups -OCH3 is 1. The molecule has 5 aromatic rings. The lowest BCUT2D eigenvalue weighted by atomic mass is 9.86. The molecule has 2 aliphatic rings. The minimum absolute atomic E-state index is 0.00210. The van der Waals surface area contributed by atoms with Gasteiger partial charge in [0.05, 0.1) is 23.7 Å². The third-order valence-electron chi connectivity index (χ3n) is 7.76. The van der Waals surface area contributed by atoms with E-state index in [9.17, 15) is 4.79 Å². The summed E-state index contributed by atoms with van der Waals surface area (Å²) >= 11 is 0. The number of carbonyl (C=O) groups is 1. The predicted octanol–water partition coefficient (Wildman–Crippen LogP) is 5.99. The molecule has 0 amide bonds. The van der Waals surface area contributed by atoms with Crippen molar-refractivity contribution in [3.63, 3.8) is 0 Å². The molecular weight excluding hydrogens is 488 g/mol. The molecule has 39 heavy (non-hydrogen) atoms. The predicted molar refractivity (Wildman–Crippen MR) is 154 cm³/mol. The molecule has 7 nitrogen and oxygen atoms in total. The summed E-state index contributed by atoms with van der Waals surface area (Å²) in [5.74, 6) is 1.52. The highest BCUT2D eigenvalue weighted by Gasteiger charge is 2.34. The second-order valence-electron chi connectivity index (χ2n) is 9.94. The van der Waals surface area contributed by atoms with Gasteiger partial charge in [-0.2, -0.15) is 0 Å². The van der Waals surface area contributed by atoms with Crippen LogP contribution in [0.4, 0.5) is 17.1 Å². The Morgan fingerprint density at radius 2 is 1.56 bits per heavy atom. The zero-order valence-corrected chi connectivity index (χ0v) is 21.7. The maximum atomic E-state index is 13.8. The fraction of sp³-hybridized carbons (Fsp3) is 0.188. The van der Waals surface area contributed by atoms with Crippen LogP contribution in [0.3, 0.4) is 0 Å². The maximum Gasteiger partial charge on any atom is 0.196 e. The van der Waals surface area contributed by atoms with Gasteiger partial charge in [-0.15, -0.1) is 0 Å². The summed E-state index contributed by atoms with van der Waals surface area (Å²) in [6.45, 7) is 4.00. The summed E-state index contributed by atoms with van der Waals surface area (Å²) < 4.78 is 11.3. The molecular formula is C32H28N4O3. The Hall–Kier alpha value is -4.78. The summed E-state index contributed by atoms with van der Waals surface area (Å²) in [7, 11) is 1.68. The van der Waals surface area contributed by atoms with Crippen LogP contribution in [0.5, 0.6) is 5.75 Å². The van der Waals surface area contributed by atoms with Gasteiger partial charge < -0.3 is 24.4 Å². The third kappa shape index (κ3) is 3.98. The molecule has 1 saturated heterocycles. The van der Waals surface area contributed by atoms with Gasteiger partial charge in [0.25, 0.3) is 0 Å². The number of hydrogen-bond acceptors (Lipinski definition) is 7. The molecule has 1 aromatic heterocycles. The molecule has 1 N–H and O–H groups in total. The minimum Gasteiger partial charge on any atom is -0.497 e. The zero-order valence-electron chi connectivity index (χ0n) is 21.7. The van der Waals surface area contributed by atoms with Crippen molar-refractivity contribution in [3.05, 3.63) is 102 Å². The lowest BCUT2D eigenvalue weighted by Crippen LogP contribution is -2.46. The van der Waals surface area contributed by atoms with E-state index in [1.807, 2.05) is 54.6 Å². The number of hydrogen-bond donors (Lipinski definition) is 1. The fourth-order valence-corrected chi connectivity index (χ4v) is 5.71. The molecule has 0 unspecified atom stereocenters. The van der Waals surface area contributed by atoms with E-state index >= 15 is 0 Å². The highest BCUT2D eigenvalue weighted by molar-refractivity contribution is 6.28. The Balaban J connectivity index is 1.27. The number of nitrogens with zero attached hydrogens (tertiary/aromatic N) is 3. The fourth-order valence-electron chi connectivity index (χ4n) is 5.71. The first-order chi connectivity index (χ1) is 19.2. The van der Waals surface area contributed by atoms with E-state index in [0.717, 1.165) is 65.3 Å². The quantitative estimate of drug-likeness (QED) is 0.292. The van der Waals surface area contributed by atoms with Gasteiger partial charge in [-0.25, -0.2) is 0 Å². The molecule has 1 fully saturated rings. The van der Waals surface area contributed by atoms with Gasteiger partial charge in [0.1, 0.15) is 11.3 Å². The van der Waals surface area contributed by atoms with E-state index in [0.29, 0.717) is 23.4 Å². The molecule has 0 bridgehead atoms. The Kier molecular flexibility index (Phi) is 5.69. The monoisotopic (exact) mass is 516 g/mol. The van der Waals surface area contributed by atoms with E-state index in [-0.39, 0.29) is 5.78 Å². The van der Waals surface area contributed by atoms with Crippen LogP contribution in [0, 0.1) is 0 Å². The molecule has 2 heterocycles. The Labute approximate surface area is 226 Å². The van der Waals surface area contributed by atoms with Gasteiger partial charge in [-0.1, -0.05) is 59.8 Å². The van der Waals surface area contributed by atoms with Crippen molar-refractivity contribution in [1.82, 2.24) is 5.16 Å². The van der Waals surface area contributed by atoms with Crippen molar-refractivity contribution in [2.45, 2.75) is 6.54 Å². The molecule has 1 aliphatic heterocycles. The van der Waals surface area contributed by atoms with Gasteiger partial charge >= 0.3 is 0 Å². The van der Waals surface area contributed by atoms with Gasteiger partial charge in [0, 0.05) is 55.2 Å². The lowest BCUT2D eigenvalue weighted by molar-refractivity contribution is 0.104.